The molecule has 0 bridgehead atoms. The van der Waals surface area contributed by atoms with E-state index in [1.165, 1.54) is 18.1 Å². The van der Waals surface area contributed by atoms with Crippen LogP contribution in [0, 0.1) is 0 Å². The number of carbonyl (C=O) groups excluding carboxylic acids is 2. The van der Waals surface area contributed by atoms with Crippen molar-refractivity contribution in [2.24, 2.45) is 10.1 Å². The smallest absolute Gasteiger partial charge is 0.257 e. The van der Waals surface area contributed by atoms with Gasteiger partial charge in [-0.2, -0.15) is 5.10 Å². The molecule has 294 valence electrons. The van der Waals surface area contributed by atoms with Crippen LogP contribution in [0.4, 0.5) is 5.82 Å². The molecule has 1 aliphatic heterocycles. The fourth-order valence-corrected chi connectivity index (χ4v) is 5.72. The average Bonchev–Trinajstić information content (AvgIpc) is 3.84. The van der Waals surface area contributed by atoms with Crippen LogP contribution in [0.15, 0.2) is 40.7 Å². The maximum absolute atomic E-state index is 12.8. The molecule has 0 saturated carbocycles. The van der Waals surface area contributed by atoms with Gasteiger partial charge >= 0.3 is 0 Å². The first-order valence-electron chi connectivity index (χ1n) is 17.9. The van der Waals surface area contributed by atoms with Crippen molar-refractivity contribution >= 4 is 45.6 Å². The predicted octanol–water partition coefficient (Wildman–Crippen LogP) is 2.60. The molecule has 0 atom stereocenters. The Labute approximate surface area is 317 Å². The summed E-state index contributed by atoms with van der Waals surface area (Å²) < 4.78 is 34.3. The number of hydrogen-bond donors (Lipinski definition) is 3. The molecule has 2 amide bonds. The predicted molar refractivity (Wildman–Crippen MR) is 203 cm³/mol. The number of nitrogen functional groups attached to an aromatic ring is 1. The van der Waals surface area contributed by atoms with Crippen LogP contribution in [0.1, 0.15) is 29.6 Å². The van der Waals surface area contributed by atoms with Crippen LogP contribution in [-0.2, 0) is 39.8 Å². The van der Waals surface area contributed by atoms with Gasteiger partial charge in [0.1, 0.15) is 17.8 Å². The molecule has 3 aromatic rings. The summed E-state index contributed by atoms with van der Waals surface area (Å²) in [5.41, 5.74) is 16.8. The van der Waals surface area contributed by atoms with Crippen LogP contribution in [-0.4, -0.2) is 141 Å². The molecule has 54 heavy (non-hydrogen) atoms. The summed E-state index contributed by atoms with van der Waals surface area (Å²) >= 11 is 1.52. The second-order valence-electron chi connectivity index (χ2n) is 11.5. The number of amidine groups is 1. The van der Waals surface area contributed by atoms with Gasteiger partial charge in [0, 0.05) is 47.8 Å². The fraction of sp³-hybridized carbons (Fsp3) is 0.588. The van der Waals surface area contributed by atoms with Gasteiger partial charge in [-0.3, -0.25) is 14.6 Å². The lowest BCUT2D eigenvalue weighted by Gasteiger charge is -2.08. The first-order chi connectivity index (χ1) is 26.6. The third-order valence-electron chi connectivity index (χ3n) is 7.61. The number of nitrogens with one attached hydrogen (secondary N) is 2. The molecule has 4 N–H and O–H groups in total. The molecule has 0 aliphatic carbocycles. The first-order valence-corrected chi connectivity index (χ1v) is 18.9. The number of nitrogens with two attached hydrogens (primary N) is 1. The average molecular weight is 772 g/mol. The molecule has 2 aromatic heterocycles. The van der Waals surface area contributed by atoms with E-state index in [2.05, 4.69) is 35.6 Å². The van der Waals surface area contributed by atoms with Gasteiger partial charge in [0.2, 0.25) is 5.91 Å². The van der Waals surface area contributed by atoms with Crippen LogP contribution in [0.5, 0.6) is 0 Å². The maximum atomic E-state index is 12.8. The number of aliphatic imine (C=N–C) groups is 1. The fourth-order valence-electron chi connectivity index (χ4n) is 5.00. The second kappa shape index (κ2) is 25.6. The van der Waals surface area contributed by atoms with E-state index < -0.39 is 0 Å². The minimum Gasteiger partial charge on any atom is -0.383 e. The van der Waals surface area contributed by atoms with Crippen molar-refractivity contribution in [3.63, 3.8) is 0 Å². The lowest BCUT2D eigenvalue weighted by atomic mass is 10.1. The summed E-state index contributed by atoms with van der Waals surface area (Å²) in [6, 6.07) is 7.19. The van der Waals surface area contributed by atoms with Crippen LogP contribution in [0.25, 0.3) is 32.7 Å². The van der Waals surface area contributed by atoms with Crippen LogP contribution in [0.3, 0.4) is 0 Å². The van der Waals surface area contributed by atoms with Crippen molar-refractivity contribution in [2.45, 2.75) is 25.8 Å². The van der Waals surface area contributed by atoms with E-state index >= 15 is 0 Å². The highest BCUT2D eigenvalue weighted by Gasteiger charge is 2.19. The topological polar surface area (TPSA) is 244 Å². The van der Waals surface area contributed by atoms with Gasteiger partial charge in [0.05, 0.1) is 91.2 Å². The second-order valence-corrected chi connectivity index (χ2v) is 12.6. The van der Waals surface area contributed by atoms with E-state index in [0.717, 1.165) is 24.2 Å². The number of fused-ring (bicyclic) bond motifs is 1. The van der Waals surface area contributed by atoms with E-state index in [1.54, 1.807) is 22.9 Å². The number of anilines is 1. The highest BCUT2D eigenvalue weighted by Crippen LogP contribution is 2.30. The van der Waals surface area contributed by atoms with Gasteiger partial charge < -0.3 is 44.8 Å². The van der Waals surface area contributed by atoms with E-state index in [4.69, 9.17) is 44.8 Å². The Kier molecular flexibility index (Phi) is 20.1. The lowest BCUT2D eigenvalue weighted by Crippen LogP contribution is -2.27. The molecule has 1 aliphatic rings. The van der Waals surface area contributed by atoms with Gasteiger partial charge in [-0.15, -0.1) is 0 Å². The molecule has 0 unspecified atom stereocenters. The number of hydrogen-bond acceptors (Lipinski definition) is 15. The number of unbranched alkanes of at least 4 members (excludes halogenated alkanes) is 1. The van der Waals surface area contributed by atoms with Crippen molar-refractivity contribution in [3.8, 4) is 11.3 Å². The Morgan fingerprint density at radius 3 is 2.22 bits per heavy atom. The molecule has 19 nitrogen and oxygen atoms in total. The number of azide groups is 1. The molecule has 0 fully saturated rings. The van der Waals surface area contributed by atoms with Crippen molar-refractivity contribution in [1.82, 2.24) is 30.4 Å². The van der Waals surface area contributed by atoms with E-state index in [1.807, 2.05) is 6.07 Å². The number of amides is 2. The summed E-state index contributed by atoms with van der Waals surface area (Å²) in [5.74, 6) is 0.842. The summed E-state index contributed by atoms with van der Waals surface area (Å²) in [4.78, 5) is 40.7. The van der Waals surface area contributed by atoms with Crippen molar-refractivity contribution in [1.29, 1.82) is 0 Å². The molecule has 4 rings (SSSR count). The summed E-state index contributed by atoms with van der Waals surface area (Å²) in [5, 5.41) is 15.2. The summed E-state index contributed by atoms with van der Waals surface area (Å²) in [6.45, 7) is 7.16. The molecular weight excluding hydrogens is 723 g/mol. The Morgan fingerprint density at radius 1 is 0.907 bits per heavy atom. The summed E-state index contributed by atoms with van der Waals surface area (Å²) in [6.07, 6.45) is 3.14. The first kappa shape index (κ1) is 42.3. The summed E-state index contributed by atoms with van der Waals surface area (Å²) in [7, 11) is 0. The van der Waals surface area contributed by atoms with Crippen molar-refractivity contribution in [2.75, 3.05) is 110 Å². The van der Waals surface area contributed by atoms with E-state index in [-0.39, 0.29) is 18.2 Å². The zero-order valence-electron chi connectivity index (χ0n) is 30.4. The number of aromatic nitrogens is 4. The van der Waals surface area contributed by atoms with Crippen molar-refractivity contribution < 1.29 is 38.0 Å². The maximum Gasteiger partial charge on any atom is 0.257 e. The Balaban J connectivity index is 1.00. The number of rotatable bonds is 28. The zero-order valence-corrected chi connectivity index (χ0v) is 31.2. The lowest BCUT2D eigenvalue weighted by molar-refractivity contribution is -0.122. The molecule has 0 spiro atoms. The van der Waals surface area contributed by atoms with Crippen LogP contribution < -0.4 is 16.4 Å². The number of carbonyl (C=O) groups is 2. The van der Waals surface area contributed by atoms with Crippen LogP contribution in [0.2, 0.25) is 0 Å². The minimum absolute atomic E-state index is 0.0825. The number of aryl methyl sites for hydroxylation is 1. The van der Waals surface area contributed by atoms with Gasteiger partial charge in [-0.05, 0) is 30.5 Å². The Morgan fingerprint density at radius 2 is 1.57 bits per heavy atom. The quantitative estimate of drug-likeness (QED) is 0.0417. The molecule has 3 heterocycles. The van der Waals surface area contributed by atoms with E-state index in [9.17, 15) is 9.59 Å². The number of benzene rings is 1. The molecule has 1 aromatic carbocycles. The third kappa shape index (κ3) is 15.5. The SMILES string of the molecule is [N-]=[N+]=NCCOCCOCCOCCOCCOCCOCCC(=O)NCCCCn1nc(-c2cccc(C(=O)NC3=NCCS3)c2)c2c(N)ncnc21. The monoisotopic (exact) mass is 771 g/mol. The largest absolute Gasteiger partial charge is 0.383 e. The molecular formula is C34H49N11O8S. The number of nitrogens with zero attached hydrogens (tertiary/aromatic N) is 8. The van der Waals surface area contributed by atoms with Gasteiger partial charge in [-0.1, -0.05) is 29.0 Å². The van der Waals surface area contributed by atoms with Gasteiger partial charge in [0.15, 0.2) is 10.8 Å². The highest BCUT2D eigenvalue weighted by atomic mass is 32.2. The van der Waals surface area contributed by atoms with Gasteiger partial charge in [-0.25, -0.2) is 14.6 Å². The Hall–Kier alpha value is -4.40. The van der Waals surface area contributed by atoms with Crippen LogP contribution >= 0.6 is 11.8 Å². The highest BCUT2D eigenvalue weighted by molar-refractivity contribution is 8.14. The number of thioether (sulfide) groups is 1. The van der Waals surface area contributed by atoms with Gasteiger partial charge in [0.25, 0.3) is 5.91 Å². The van der Waals surface area contributed by atoms with Crippen molar-refractivity contribution in [3.05, 3.63) is 46.6 Å². The zero-order chi connectivity index (χ0) is 38.1. The minimum atomic E-state index is -0.239. The standard InChI is InChI=1S/C34H49N11O8S/c35-31-29-30(26-4-3-5-27(24-26)33(47)42-34-38-9-23-54-34)43-45(32(29)40-25-39-31)10-2-1-7-37-28(46)6-11-48-13-15-50-17-19-52-21-22-53-20-18-51-16-14-49-12-8-41-44-36/h3-5,24-25H,1-2,6-23H2,(H,37,46)(H2,35,39,40)(H,38,42,47). The Bertz CT molecular complexity index is 1670. The number of ether oxygens (including phenoxy) is 6. The molecule has 20 heteroatoms. The normalized spacial score (nSPS) is 12.5. The third-order valence-corrected chi connectivity index (χ3v) is 8.51. The molecule has 0 saturated heterocycles. The van der Waals surface area contributed by atoms with E-state index in [0.29, 0.717) is 139 Å². The molecule has 0 radical (unpaired) electrons.